The summed E-state index contributed by atoms with van der Waals surface area (Å²) in [7, 11) is 0. The van der Waals surface area contributed by atoms with Gasteiger partial charge < -0.3 is 20.5 Å². The zero-order valence-corrected chi connectivity index (χ0v) is 20.9. The lowest BCUT2D eigenvalue weighted by Gasteiger charge is -2.47. The van der Waals surface area contributed by atoms with E-state index in [0.29, 0.717) is 18.8 Å². The molecule has 1 spiro atoms. The maximum Gasteiger partial charge on any atom is 0.218 e. The van der Waals surface area contributed by atoms with Gasteiger partial charge in [-0.3, -0.25) is 4.79 Å². The lowest BCUT2D eigenvalue weighted by Crippen LogP contribution is -2.52. The summed E-state index contributed by atoms with van der Waals surface area (Å²) >= 11 is 1.51. The highest BCUT2D eigenvalue weighted by atomic mass is 32.1. The number of aromatic nitrogens is 2. The van der Waals surface area contributed by atoms with Gasteiger partial charge in [-0.1, -0.05) is 20.8 Å². The number of thiazole rings is 1. The molecule has 3 heterocycles. The number of carbonyl (C=O) groups excluding carboxylic acids is 1. The first kappa shape index (κ1) is 24.1. The van der Waals surface area contributed by atoms with Crippen LogP contribution in [0.3, 0.4) is 0 Å². The standard InChI is InChI=1S/C25H36N4O3S/c1-16(30)29-20(9-18-14-33-15-28-18)22(31)13-26-21-11-25(6-5-7-25)32-23-19(21)8-17(12-27-23)10-24(2,3)4/h8,12,14-15,20-22,26,31H,5-7,9-11,13H2,1-4H3,(H,29,30)/t20-,21-,22+/m0/s1. The summed E-state index contributed by atoms with van der Waals surface area (Å²) in [5, 5.41) is 19.4. The van der Waals surface area contributed by atoms with Crippen molar-refractivity contribution in [3.05, 3.63) is 40.0 Å². The van der Waals surface area contributed by atoms with Crippen LogP contribution in [0.4, 0.5) is 0 Å². The molecule has 1 amide bonds. The van der Waals surface area contributed by atoms with Crippen LogP contribution in [0.15, 0.2) is 23.2 Å². The molecule has 0 bridgehead atoms. The van der Waals surface area contributed by atoms with Crippen LogP contribution < -0.4 is 15.4 Å². The van der Waals surface area contributed by atoms with E-state index in [2.05, 4.69) is 42.5 Å². The van der Waals surface area contributed by atoms with Gasteiger partial charge >= 0.3 is 0 Å². The van der Waals surface area contributed by atoms with E-state index in [0.717, 1.165) is 36.9 Å². The van der Waals surface area contributed by atoms with Crippen LogP contribution in [0.25, 0.3) is 0 Å². The second-order valence-electron chi connectivity index (χ2n) is 10.8. The van der Waals surface area contributed by atoms with Crippen LogP contribution in [-0.4, -0.2) is 45.3 Å². The third kappa shape index (κ3) is 6.11. The van der Waals surface area contributed by atoms with Gasteiger partial charge in [-0.15, -0.1) is 11.3 Å². The smallest absolute Gasteiger partial charge is 0.218 e. The van der Waals surface area contributed by atoms with Crippen LogP contribution in [0, 0.1) is 5.41 Å². The first-order valence-corrected chi connectivity index (χ1v) is 12.8. The molecule has 1 saturated carbocycles. The van der Waals surface area contributed by atoms with E-state index in [9.17, 15) is 9.90 Å². The topological polar surface area (TPSA) is 96.4 Å². The Bertz CT molecular complexity index is 953. The minimum Gasteiger partial charge on any atom is -0.471 e. The molecule has 3 atom stereocenters. The molecule has 0 aromatic carbocycles. The summed E-state index contributed by atoms with van der Waals surface area (Å²) in [6.07, 6.45) is 6.74. The number of aliphatic hydroxyl groups is 1. The van der Waals surface area contributed by atoms with E-state index in [1.165, 1.54) is 30.2 Å². The van der Waals surface area contributed by atoms with Crippen molar-refractivity contribution < 1.29 is 14.6 Å². The first-order chi connectivity index (χ1) is 15.6. The Kier molecular flexibility index (Phi) is 7.07. The fraction of sp³-hybridized carbons (Fsp3) is 0.640. The van der Waals surface area contributed by atoms with Crippen molar-refractivity contribution in [2.24, 2.45) is 5.41 Å². The Morgan fingerprint density at radius 2 is 2.15 bits per heavy atom. The van der Waals surface area contributed by atoms with Gasteiger partial charge in [0, 0.05) is 49.5 Å². The van der Waals surface area contributed by atoms with Gasteiger partial charge in [0.2, 0.25) is 11.8 Å². The average molecular weight is 473 g/mol. The number of ether oxygens (including phenoxy) is 1. The van der Waals surface area contributed by atoms with Crippen molar-refractivity contribution >= 4 is 17.2 Å². The predicted octanol–water partition coefficient (Wildman–Crippen LogP) is 3.57. The number of aliphatic hydroxyl groups excluding tert-OH is 1. The number of rotatable bonds is 8. The lowest BCUT2D eigenvalue weighted by atomic mass is 9.73. The number of nitrogens with one attached hydrogen (secondary N) is 2. The van der Waals surface area contributed by atoms with Gasteiger partial charge in [0.1, 0.15) is 5.60 Å². The molecule has 1 aliphatic heterocycles. The third-order valence-electron chi connectivity index (χ3n) is 6.54. The van der Waals surface area contributed by atoms with Gasteiger partial charge in [0.25, 0.3) is 0 Å². The number of fused-ring (bicyclic) bond motifs is 1. The van der Waals surface area contributed by atoms with Gasteiger partial charge in [-0.05, 0) is 42.7 Å². The molecule has 0 unspecified atom stereocenters. The lowest BCUT2D eigenvalue weighted by molar-refractivity contribution is -0.120. The summed E-state index contributed by atoms with van der Waals surface area (Å²) in [5.41, 5.74) is 4.92. The van der Waals surface area contributed by atoms with Crippen molar-refractivity contribution in [1.82, 2.24) is 20.6 Å². The Hall–Kier alpha value is -2.03. The third-order valence-corrected chi connectivity index (χ3v) is 7.17. The summed E-state index contributed by atoms with van der Waals surface area (Å²) in [4.78, 5) is 20.8. The highest BCUT2D eigenvalue weighted by Gasteiger charge is 2.46. The van der Waals surface area contributed by atoms with E-state index < -0.39 is 12.1 Å². The molecular formula is C25H36N4O3S. The summed E-state index contributed by atoms with van der Waals surface area (Å²) in [6, 6.07) is 1.86. The highest BCUT2D eigenvalue weighted by molar-refractivity contribution is 7.07. The van der Waals surface area contributed by atoms with Gasteiger partial charge in [0.05, 0.1) is 23.4 Å². The molecule has 8 heteroatoms. The SMILES string of the molecule is CC(=O)N[C@@H](Cc1cscn1)[C@H](O)CN[C@H]1CC2(CCC2)Oc2ncc(CC(C)(C)C)cc21. The molecule has 1 fully saturated rings. The quantitative estimate of drug-likeness (QED) is 0.544. The Balaban J connectivity index is 1.49. The van der Waals surface area contributed by atoms with E-state index in [4.69, 9.17) is 9.72 Å². The zero-order chi connectivity index (χ0) is 23.6. The van der Waals surface area contributed by atoms with Gasteiger partial charge in [-0.2, -0.15) is 0 Å². The Labute approximate surface area is 200 Å². The fourth-order valence-corrected chi connectivity index (χ4v) is 5.43. The number of nitrogens with zero attached hydrogens (tertiary/aromatic N) is 2. The normalized spacial score (nSPS) is 20.9. The van der Waals surface area contributed by atoms with Crippen LogP contribution in [-0.2, 0) is 17.6 Å². The molecule has 2 aliphatic rings. The Morgan fingerprint density at radius 1 is 1.36 bits per heavy atom. The monoisotopic (exact) mass is 472 g/mol. The molecule has 2 aromatic heterocycles. The molecule has 3 N–H and O–H groups in total. The van der Waals surface area contributed by atoms with Crippen molar-refractivity contribution in [2.75, 3.05) is 6.54 Å². The summed E-state index contributed by atoms with van der Waals surface area (Å²) in [6.45, 7) is 8.51. The molecule has 2 aromatic rings. The average Bonchev–Trinajstić information content (AvgIpc) is 3.21. The molecule has 33 heavy (non-hydrogen) atoms. The number of carbonyl (C=O) groups is 1. The summed E-state index contributed by atoms with van der Waals surface area (Å²) < 4.78 is 6.37. The van der Waals surface area contributed by atoms with Crippen LogP contribution >= 0.6 is 11.3 Å². The van der Waals surface area contributed by atoms with E-state index >= 15 is 0 Å². The molecule has 0 saturated heterocycles. The molecule has 7 nitrogen and oxygen atoms in total. The molecule has 0 radical (unpaired) electrons. The second kappa shape index (κ2) is 9.68. The Morgan fingerprint density at radius 3 is 2.76 bits per heavy atom. The predicted molar refractivity (Wildman–Crippen MR) is 129 cm³/mol. The maximum absolute atomic E-state index is 11.8. The fourth-order valence-electron chi connectivity index (χ4n) is 4.86. The zero-order valence-electron chi connectivity index (χ0n) is 20.1. The van der Waals surface area contributed by atoms with Crippen molar-refractivity contribution in [3.8, 4) is 5.88 Å². The highest BCUT2D eigenvalue weighted by Crippen LogP contribution is 2.48. The number of hydrogen-bond donors (Lipinski definition) is 3. The van der Waals surface area contributed by atoms with Crippen LogP contribution in [0.2, 0.25) is 0 Å². The maximum atomic E-state index is 11.8. The number of pyridine rings is 1. The molecule has 1 aliphatic carbocycles. The largest absolute Gasteiger partial charge is 0.471 e. The molecule has 4 rings (SSSR count). The van der Waals surface area contributed by atoms with E-state index in [1.54, 1.807) is 5.51 Å². The van der Waals surface area contributed by atoms with Crippen LogP contribution in [0.5, 0.6) is 5.88 Å². The minimum absolute atomic E-state index is 0.0494. The molecule has 180 valence electrons. The van der Waals surface area contributed by atoms with E-state index in [-0.39, 0.29) is 23.0 Å². The van der Waals surface area contributed by atoms with Gasteiger partial charge in [-0.25, -0.2) is 9.97 Å². The molecular weight excluding hydrogens is 436 g/mol. The van der Waals surface area contributed by atoms with E-state index in [1.807, 2.05) is 11.6 Å². The minimum atomic E-state index is -0.745. The number of amides is 1. The van der Waals surface area contributed by atoms with Gasteiger partial charge in [0.15, 0.2) is 0 Å². The number of hydrogen-bond acceptors (Lipinski definition) is 7. The summed E-state index contributed by atoms with van der Waals surface area (Å²) in [5.74, 6) is 0.557. The van der Waals surface area contributed by atoms with Crippen LogP contribution in [0.1, 0.15) is 76.2 Å². The van der Waals surface area contributed by atoms with Crippen molar-refractivity contribution in [1.29, 1.82) is 0 Å². The van der Waals surface area contributed by atoms with Crippen molar-refractivity contribution in [2.45, 2.75) is 90.0 Å². The first-order valence-electron chi connectivity index (χ1n) is 11.9. The second-order valence-corrected chi connectivity index (χ2v) is 11.6. The van der Waals surface area contributed by atoms with Crippen molar-refractivity contribution in [3.63, 3.8) is 0 Å².